The highest BCUT2D eigenvalue weighted by Crippen LogP contribution is 2.37. The highest BCUT2D eigenvalue weighted by molar-refractivity contribution is 5.69. The van der Waals surface area contributed by atoms with Crippen molar-refractivity contribution in [2.45, 2.75) is 33.1 Å². The van der Waals surface area contributed by atoms with Crippen LogP contribution in [-0.2, 0) is 6.42 Å². The van der Waals surface area contributed by atoms with Crippen molar-refractivity contribution in [1.29, 1.82) is 0 Å². The second kappa shape index (κ2) is 3.86. The molecule has 2 unspecified atom stereocenters. The van der Waals surface area contributed by atoms with Crippen molar-refractivity contribution in [2.75, 3.05) is 11.6 Å². The van der Waals surface area contributed by atoms with Gasteiger partial charge < -0.3 is 0 Å². The van der Waals surface area contributed by atoms with Crippen molar-refractivity contribution < 1.29 is 0 Å². The largest absolute Gasteiger partial charge is 0.265 e. The van der Waals surface area contributed by atoms with E-state index in [9.17, 15) is 0 Å². The molecule has 2 atom stereocenters. The van der Waals surface area contributed by atoms with Crippen LogP contribution in [0, 0.1) is 11.8 Å². The summed E-state index contributed by atoms with van der Waals surface area (Å²) in [5.41, 5.74) is 4.30. The second-order valence-corrected chi connectivity index (χ2v) is 5.74. The van der Waals surface area contributed by atoms with Gasteiger partial charge in [0, 0.05) is 18.7 Å². The van der Waals surface area contributed by atoms with Crippen LogP contribution in [0.5, 0.6) is 0 Å². The number of nitrogens with zero attached hydrogens (tertiary/aromatic N) is 2. The first-order valence-corrected chi connectivity index (χ1v) is 6.59. The van der Waals surface area contributed by atoms with Crippen molar-refractivity contribution in [2.24, 2.45) is 16.9 Å². The predicted molar refractivity (Wildman–Crippen MR) is 72.7 cm³/mol. The van der Waals surface area contributed by atoms with Crippen LogP contribution in [0.3, 0.4) is 0 Å². The topological polar surface area (TPSA) is 15.6 Å². The molecule has 3 rings (SSSR count). The molecule has 2 nitrogen and oxygen atoms in total. The van der Waals surface area contributed by atoms with Gasteiger partial charge in [0.15, 0.2) is 0 Å². The van der Waals surface area contributed by atoms with E-state index < -0.39 is 0 Å². The molecule has 0 N–H and O–H groups in total. The summed E-state index contributed by atoms with van der Waals surface area (Å²) in [4.78, 5) is 0. The molecule has 0 saturated carbocycles. The van der Waals surface area contributed by atoms with Gasteiger partial charge in [0.25, 0.3) is 0 Å². The van der Waals surface area contributed by atoms with Crippen molar-refractivity contribution in [3.05, 3.63) is 29.3 Å². The summed E-state index contributed by atoms with van der Waals surface area (Å²) in [7, 11) is 0. The third-order valence-electron chi connectivity index (χ3n) is 4.12. The zero-order valence-corrected chi connectivity index (χ0v) is 10.9. The molecular weight excluding hydrogens is 208 g/mol. The standard InChI is InChI=1S/C15H20N2/c1-10(2)13-8-16-17(9-13)14-4-5-15-11(3)6-12(15)7-14/h4-5,7-8,10-11,13H,6,9H2,1-3H3. The van der Waals surface area contributed by atoms with Gasteiger partial charge in [-0.1, -0.05) is 26.8 Å². The van der Waals surface area contributed by atoms with E-state index in [1.165, 1.54) is 23.2 Å². The Morgan fingerprint density at radius 1 is 1.35 bits per heavy atom. The van der Waals surface area contributed by atoms with Crippen LogP contribution in [0.2, 0.25) is 0 Å². The fourth-order valence-corrected chi connectivity index (χ4v) is 2.73. The van der Waals surface area contributed by atoms with E-state index in [2.05, 4.69) is 55.3 Å². The van der Waals surface area contributed by atoms with Gasteiger partial charge in [0.1, 0.15) is 0 Å². The minimum Gasteiger partial charge on any atom is -0.265 e. The first-order chi connectivity index (χ1) is 8.15. The zero-order chi connectivity index (χ0) is 12.0. The smallest absolute Gasteiger partial charge is 0.0596 e. The first-order valence-electron chi connectivity index (χ1n) is 6.59. The molecule has 0 saturated heterocycles. The van der Waals surface area contributed by atoms with E-state index in [-0.39, 0.29) is 0 Å². The minimum absolute atomic E-state index is 0.597. The van der Waals surface area contributed by atoms with Crippen LogP contribution in [0.15, 0.2) is 23.3 Å². The molecule has 0 fully saturated rings. The van der Waals surface area contributed by atoms with Gasteiger partial charge in [-0.3, -0.25) is 5.01 Å². The average molecular weight is 228 g/mol. The molecule has 17 heavy (non-hydrogen) atoms. The lowest BCUT2D eigenvalue weighted by Crippen LogP contribution is -2.22. The molecule has 90 valence electrons. The number of hydrogen-bond donors (Lipinski definition) is 0. The van der Waals surface area contributed by atoms with E-state index in [1.54, 1.807) is 0 Å². The van der Waals surface area contributed by atoms with Crippen molar-refractivity contribution >= 4 is 11.9 Å². The van der Waals surface area contributed by atoms with Gasteiger partial charge >= 0.3 is 0 Å². The molecule has 0 amide bonds. The lowest BCUT2D eigenvalue weighted by atomic mass is 9.79. The number of hydrogen-bond acceptors (Lipinski definition) is 2. The Labute approximate surface area is 103 Å². The third kappa shape index (κ3) is 1.76. The number of fused-ring (bicyclic) bond motifs is 1. The molecule has 0 radical (unpaired) electrons. The minimum atomic E-state index is 0.597. The van der Waals surface area contributed by atoms with Crippen LogP contribution in [0.4, 0.5) is 5.69 Å². The van der Waals surface area contributed by atoms with Gasteiger partial charge in [-0.2, -0.15) is 5.10 Å². The molecule has 0 aromatic heterocycles. The molecule has 2 aliphatic rings. The summed E-state index contributed by atoms with van der Waals surface area (Å²) in [6.07, 6.45) is 3.33. The Morgan fingerprint density at radius 2 is 2.18 bits per heavy atom. The molecule has 1 aliphatic carbocycles. The van der Waals surface area contributed by atoms with Crippen molar-refractivity contribution in [3.8, 4) is 0 Å². The highest BCUT2D eigenvalue weighted by Gasteiger charge is 2.25. The quantitative estimate of drug-likeness (QED) is 0.757. The van der Waals surface area contributed by atoms with Gasteiger partial charge in [0.05, 0.1) is 5.69 Å². The molecule has 1 aromatic carbocycles. The molecule has 0 bridgehead atoms. The van der Waals surface area contributed by atoms with Crippen molar-refractivity contribution in [1.82, 2.24) is 0 Å². The molecule has 1 aliphatic heterocycles. The Morgan fingerprint density at radius 3 is 2.76 bits per heavy atom. The summed E-state index contributed by atoms with van der Waals surface area (Å²) < 4.78 is 0. The van der Waals surface area contributed by atoms with E-state index in [0.29, 0.717) is 11.8 Å². The third-order valence-corrected chi connectivity index (χ3v) is 4.12. The Balaban J connectivity index is 1.78. The highest BCUT2D eigenvalue weighted by atomic mass is 15.5. The molecule has 1 aromatic rings. The van der Waals surface area contributed by atoms with Crippen molar-refractivity contribution in [3.63, 3.8) is 0 Å². The Kier molecular flexibility index (Phi) is 2.46. The molecule has 1 heterocycles. The van der Waals surface area contributed by atoms with Crippen LogP contribution in [0.1, 0.15) is 37.8 Å². The lowest BCUT2D eigenvalue weighted by molar-refractivity contribution is 0.517. The molecule has 0 spiro atoms. The summed E-state index contributed by atoms with van der Waals surface area (Å²) >= 11 is 0. The van der Waals surface area contributed by atoms with E-state index >= 15 is 0 Å². The first kappa shape index (κ1) is 10.8. The van der Waals surface area contributed by atoms with Gasteiger partial charge in [-0.05, 0) is 41.5 Å². The number of anilines is 1. The predicted octanol–water partition coefficient (Wildman–Crippen LogP) is 3.42. The van der Waals surface area contributed by atoms with Gasteiger partial charge in [0.2, 0.25) is 0 Å². The zero-order valence-electron chi connectivity index (χ0n) is 10.9. The fraction of sp³-hybridized carbons (Fsp3) is 0.533. The number of rotatable bonds is 2. The maximum Gasteiger partial charge on any atom is 0.0596 e. The maximum absolute atomic E-state index is 4.53. The van der Waals surface area contributed by atoms with Crippen LogP contribution in [-0.4, -0.2) is 12.8 Å². The van der Waals surface area contributed by atoms with Crippen LogP contribution >= 0.6 is 0 Å². The van der Waals surface area contributed by atoms with E-state index in [0.717, 1.165) is 12.5 Å². The number of benzene rings is 1. The molecule has 2 heteroatoms. The van der Waals surface area contributed by atoms with Crippen LogP contribution in [0.25, 0.3) is 0 Å². The second-order valence-electron chi connectivity index (χ2n) is 5.74. The number of hydrazone groups is 1. The fourth-order valence-electron chi connectivity index (χ4n) is 2.73. The normalized spacial score (nSPS) is 26.2. The van der Waals surface area contributed by atoms with Gasteiger partial charge in [-0.15, -0.1) is 0 Å². The molecular formula is C15H20N2. The SMILES string of the molecule is CC1Cc2cc(N3CC(C(C)C)C=N3)ccc21. The summed E-state index contributed by atoms with van der Waals surface area (Å²) in [5, 5.41) is 6.68. The average Bonchev–Trinajstić information content (AvgIpc) is 2.76. The van der Waals surface area contributed by atoms with Gasteiger partial charge in [-0.25, -0.2) is 0 Å². The monoisotopic (exact) mass is 228 g/mol. The van der Waals surface area contributed by atoms with Crippen LogP contribution < -0.4 is 5.01 Å². The summed E-state index contributed by atoms with van der Waals surface area (Å²) in [5.74, 6) is 2.03. The Bertz CT molecular complexity index is 462. The summed E-state index contributed by atoms with van der Waals surface area (Å²) in [6.45, 7) is 7.86. The lowest BCUT2D eigenvalue weighted by Gasteiger charge is -2.28. The van der Waals surface area contributed by atoms with E-state index in [4.69, 9.17) is 0 Å². The van der Waals surface area contributed by atoms with E-state index in [1.807, 2.05) is 0 Å². The maximum atomic E-state index is 4.53. The summed E-state index contributed by atoms with van der Waals surface area (Å²) in [6, 6.07) is 6.81. The Hall–Kier alpha value is -1.31.